The largest absolute Gasteiger partial charge is 0.360 e. The quantitative estimate of drug-likeness (QED) is 0.822. The molecule has 0 aliphatic carbocycles. The minimum absolute atomic E-state index is 0.0584. The van der Waals surface area contributed by atoms with E-state index in [2.05, 4.69) is 10.5 Å². The number of nitrogens with one attached hydrogen (secondary N) is 1. The summed E-state index contributed by atoms with van der Waals surface area (Å²) in [6, 6.07) is 9.43. The number of rotatable bonds is 6. The molecule has 6 heteroatoms. The van der Waals surface area contributed by atoms with E-state index in [1.165, 1.54) is 0 Å². The summed E-state index contributed by atoms with van der Waals surface area (Å²) in [5.74, 6) is 2.67. The molecule has 2 rings (SSSR count). The van der Waals surface area contributed by atoms with Crippen LogP contribution in [0.3, 0.4) is 0 Å². The normalized spacial score (nSPS) is 10.5. The lowest BCUT2D eigenvalue weighted by Crippen LogP contribution is -2.12. The summed E-state index contributed by atoms with van der Waals surface area (Å²) in [5.41, 5.74) is 1.16. The summed E-state index contributed by atoms with van der Waals surface area (Å²) in [5, 5.41) is 7.14. The molecule has 0 saturated carbocycles. The molecule has 0 spiro atoms. The van der Waals surface area contributed by atoms with Gasteiger partial charge in [-0.3, -0.25) is 4.79 Å². The predicted octanol–water partition coefficient (Wildman–Crippen LogP) is 3.90. The zero-order valence-corrected chi connectivity index (χ0v) is 12.6. The third kappa shape index (κ3) is 4.90. The number of aromatic nitrogens is 1. The van der Waals surface area contributed by atoms with E-state index in [-0.39, 0.29) is 5.91 Å². The molecule has 1 heterocycles. The number of hydrogen-bond acceptors (Lipinski definition) is 4. The number of halogens is 1. The van der Waals surface area contributed by atoms with Gasteiger partial charge < -0.3 is 9.84 Å². The fourth-order valence-electron chi connectivity index (χ4n) is 1.61. The van der Waals surface area contributed by atoms with E-state index in [1.54, 1.807) is 24.8 Å². The molecule has 1 aromatic carbocycles. The van der Waals surface area contributed by atoms with Gasteiger partial charge in [0, 0.05) is 29.0 Å². The standard InChI is InChI=1S/C14H15ClN2O2S/c1-10-7-13(17-19-10)16-14(18)5-6-20-9-11-3-2-4-12(15)8-11/h2-4,7-8H,5-6,9H2,1H3,(H,16,17,18). The molecular weight excluding hydrogens is 296 g/mol. The van der Waals surface area contributed by atoms with Crippen LogP contribution in [0.2, 0.25) is 5.02 Å². The first-order chi connectivity index (χ1) is 9.63. The van der Waals surface area contributed by atoms with Gasteiger partial charge in [0.25, 0.3) is 0 Å². The van der Waals surface area contributed by atoms with Gasteiger partial charge in [0.1, 0.15) is 5.76 Å². The molecule has 2 aromatic rings. The van der Waals surface area contributed by atoms with Crippen molar-refractivity contribution in [3.05, 3.63) is 46.7 Å². The Hall–Kier alpha value is -1.46. The molecule has 1 amide bonds. The second-order valence-electron chi connectivity index (χ2n) is 4.30. The van der Waals surface area contributed by atoms with Gasteiger partial charge in [-0.15, -0.1) is 0 Å². The van der Waals surface area contributed by atoms with Crippen molar-refractivity contribution in [1.82, 2.24) is 5.16 Å². The Bertz CT molecular complexity index is 586. The number of hydrogen-bond donors (Lipinski definition) is 1. The monoisotopic (exact) mass is 310 g/mol. The van der Waals surface area contributed by atoms with Gasteiger partial charge in [-0.2, -0.15) is 11.8 Å². The molecule has 106 valence electrons. The molecule has 4 nitrogen and oxygen atoms in total. The van der Waals surface area contributed by atoms with Gasteiger partial charge in [-0.1, -0.05) is 28.9 Å². The van der Waals surface area contributed by atoms with Gasteiger partial charge in [0.2, 0.25) is 5.91 Å². The smallest absolute Gasteiger partial charge is 0.226 e. The van der Waals surface area contributed by atoms with Crippen molar-refractivity contribution in [2.24, 2.45) is 0 Å². The molecule has 0 atom stereocenters. The van der Waals surface area contributed by atoms with Crippen molar-refractivity contribution in [2.75, 3.05) is 11.1 Å². The molecule has 0 saturated heterocycles. The number of carbonyl (C=O) groups is 1. The minimum Gasteiger partial charge on any atom is -0.360 e. The van der Waals surface area contributed by atoms with Crippen LogP contribution in [0.4, 0.5) is 5.82 Å². The van der Waals surface area contributed by atoms with Crippen LogP contribution in [-0.4, -0.2) is 16.8 Å². The van der Waals surface area contributed by atoms with E-state index < -0.39 is 0 Å². The van der Waals surface area contributed by atoms with Crippen LogP contribution < -0.4 is 5.32 Å². The van der Waals surface area contributed by atoms with Crippen molar-refractivity contribution in [3.63, 3.8) is 0 Å². The summed E-state index contributed by atoms with van der Waals surface area (Å²) in [7, 11) is 0. The average Bonchev–Trinajstić information content (AvgIpc) is 2.80. The first-order valence-corrected chi connectivity index (χ1v) is 7.72. The van der Waals surface area contributed by atoms with E-state index in [0.717, 1.165) is 22.1 Å². The molecule has 0 aliphatic heterocycles. The predicted molar refractivity (Wildman–Crippen MR) is 82.1 cm³/mol. The molecule has 0 bridgehead atoms. The zero-order valence-electron chi connectivity index (χ0n) is 11.1. The lowest BCUT2D eigenvalue weighted by Gasteiger charge is -2.03. The number of thioether (sulfide) groups is 1. The second-order valence-corrected chi connectivity index (χ2v) is 5.85. The lowest BCUT2D eigenvalue weighted by molar-refractivity contribution is -0.115. The van der Waals surface area contributed by atoms with Crippen molar-refractivity contribution in [2.45, 2.75) is 19.1 Å². The number of benzene rings is 1. The lowest BCUT2D eigenvalue weighted by atomic mass is 10.2. The van der Waals surface area contributed by atoms with Crippen LogP contribution in [-0.2, 0) is 10.5 Å². The zero-order chi connectivity index (χ0) is 14.4. The maximum absolute atomic E-state index is 11.7. The summed E-state index contributed by atoms with van der Waals surface area (Å²) in [6.45, 7) is 1.78. The molecule has 0 unspecified atom stereocenters. The SMILES string of the molecule is Cc1cc(NC(=O)CCSCc2cccc(Cl)c2)no1. The van der Waals surface area contributed by atoms with Crippen molar-refractivity contribution in [1.29, 1.82) is 0 Å². The molecule has 1 aromatic heterocycles. The van der Waals surface area contributed by atoms with Gasteiger partial charge in [-0.25, -0.2) is 0 Å². The third-order valence-corrected chi connectivity index (χ3v) is 3.79. The number of aryl methyl sites for hydroxylation is 1. The number of amides is 1. The van der Waals surface area contributed by atoms with Crippen molar-refractivity contribution >= 4 is 35.1 Å². The maximum Gasteiger partial charge on any atom is 0.226 e. The van der Waals surface area contributed by atoms with Gasteiger partial charge in [0.05, 0.1) is 0 Å². The fourth-order valence-corrected chi connectivity index (χ4v) is 2.71. The molecular formula is C14H15ClN2O2S. The van der Waals surface area contributed by atoms with E-state index in [1.807, 2.05) is 24.3 Å². The Morgan fingerprint density at radius 2 is 2.30 bits per heavy atom. The second kappa shape index (κ2) is 7.36. The maximum atomic E-state index is 11.7. The number of anilines is 1. The molecule has 0 aliphatic rings. The van der Waals surface area contributed by atoms with E-state index >= 15 is 0 Å². The van der Waals surface area contributed by atoms with Gasteiger partial charge in [0.15, 0.2) is 5.82 Å². The van der Waals surface area contributed by atoms with Crippen LogP contribution in [0.25, 0.3) is 0 Å². The van der Waals surface area contributed by atoms with Crippen molar-refractivity contribution < 1.29 is 9.32 Å². The fraction of sp³-hybridized carbons (Fsp3) is 0.286. The van der Waals surface area contributed by atoms with Crippen molar-refractivity contribution in [3.8, 4) is 0 Å². The first kappa shape index (κ1) is 14.9. The summed E-state index contributed by atoms with van der Waals surface area (Å²) in [6.07, 6.45) is 0.442. The Morgan fingerprint density at radius 1 is 1.45 bits per heavy atom. The number of carbonyl (C=O) groups excluding carboxylic acids is 1. The topological polar surface area (TPSA) is 55.1 Å². The van der Waals surface area contributed by atoms with Crippen LogP contribution in [0, 0.1) is 6.92 Å². The third-order valence-electron chi connectivity index (χ3n) is 2.53. The highest BCUT2D eigenvalue weighted by atomic mass is 35.5. The van der Waals surface area contributed by atoms with Crippen LogP contribution >= 0.6 is 23.4 Å². The average molecular weight is 311 g/mol. The highest BCUT2D eigenvalue weighted by Crippen LogP contribution is 2.17. The van der Waals surface area contributed by atoms with E-state index in [9.17, 15) is 4.79 Å². The summed E-state index contributed by atoms with van der Waals surface area (Å²) < 4.78 is 4.88. The molecule has 1 N–H and O–H groups in total. The summed E-state index contributed by atoms with van der Waals surface area (Å²) in [4.78, 5) is 11.7. The minimum atomic E-state index is -0.0584. The van der Waals surface area contributed by atoms with Crippen LogP contribution in [0.15, 0.2) is 34.9 Å². The Morgan fingerprint density at radius 3 is 3.00 bits per heavy atom. The number of nitrogens with zero attached hydrogens (tertiary/aromatic N) is 1. The van der Waals surface area contributed by atoms with Gasteiger partial charge >= 0.3 is 0 Å². The molecule has 0 radical (unpaired) electrons. The first-order valence-electron chi connectivity index (χ1n) is 6.19. The Balaban J connectivity index is 1.67. The molecule has 20 heavy (non-hydrogen) atoms. The Kier molecular flexibility index (Phi) is 5.49. The van der Waals surface area contributed by atoms with Crippen LogP contribution in [0.5, 0.6) is 0 Å². The highest BCUT2D eigenvalue weighted by Gasteiger charge is 2.06. The molecule has 0 fully saturated rings. The Labute approximate surface area is 126 Å². The summed E-state index contributed by atoms with van der Waals surface area (Å²) >= 11 is 7.61. The van der Waals surface area contributed by atoms with Crippen LogP contribution in [0.1, 0.15) is 17.7 Å². The van der Waals surface area contributed by atoms with Gasteiger partial charge in [-0.05, 0) is 24.6 Å². The van der Waals surface area contributed by atoms with E-state index in [4.69, 9.17) is 16.1 Å². The van der Waals surface area contributed by atoms with E-state index in [0.29, 0.717) is 18.0 Å². The highest BCUT2D eigenvalue weighted by molar-refractivity contribution is 7.98.